The van der Waals surface area contributed by atoms with Crippen molar-refractivity contribution >= 4 is 11.9 Å². The number of aliphatic carboxylic acids is 1. The van der Waals surface area contributed by atoms with Crippen LogP contribution in [0.5, 0.6) is 0 Å². The number of H-pyrrole nitrogens is 1. The zero-order chi connectivity index (χ0) is 17.7. The van der Waals surface area contributed by atoms with Crippen LogP contribution in [-0.2, 0) is 16.0 Å². The molecule has 1 aromatic heterocycles. The van der Waals surface area contributed by atoms with E-state index in [0.717, 1.165) is 6.42 Å². The number of carbonyl (C=O) groups excluding carboxylic acids is 1. The number of carboxylic acid groups (broad SMARTS) is 1. The lowest BCUT2D eigenvalue weighted by molar-refractivity contribution is -0.142. The summed E-state index contributed by atoms with van der Waals surface area (Å²) in [6, 6.07) is 1.77. The molecule has 7 heteroatoms. The molecule has 1 saturated heterocycles. The molecule has 0 spiro atoms. The van der Waals surface area contributed by atoms with E-state index in [1.807, 2.05) is 13.8 Å². The lowest BCUT2D eigenvalue weighted by atomic mass is 9.93. The van der Waals surface area contributed by atoms with Crippen molar-refractivity contribution in [1.82, 2.24) is 10.3 Å². The summed E-state index contributed by atoms with van der Waals surface area (Å²) in [7, 11) is 0. The Morgan fingerprint density at radius 2 is 2.17 bits per heavy atom. The maximum absolute atomic E-state index is 12.4. The largest absolute Gasteiger partial charge is 0.480 e. The van der Waals surface area contributed by atoms with E-state index >= 15 is 0 Å². The molecule has 2 heterocycles. The van der Waals surface area contributed by atoms with Crippen LogP contribution in [0.15, 0.2) is 16.9 Å². The van der Waals surface area contributed by atoms with Crippen LogP contribution >= 0.6 is 0 Å². The van der Waals surface area contributed by atoms with Gasteiger partial charge in [-0.2, -0.15) is 0 Å². The molecular formula is C17H24N2O5. The van der Waals surface area contributed by atoms with Crippen LogP contribution in [0.1, 0.15) is 42.7 Å². The number of pyridine rings is 1. The summed E-state index contributed by atoms with van der Waals surface area (Å²) in [5, 5.41) is 12.0. The van der Waals surface area contributed by atoms with E-state index in [2.05, 4.69) is 10.3 Å². The van der Waals surface area contributed by atoms with Crippen molar-refractivity contribution in [2.24, 2.45) is 11.8 Å². The molecule has 1 fully saturated rings. The molecule has 0 radical (unpaired) electrons. The third-order valence-corrected chi connectivity index (χ3v) is 4.01. The number of hydrogen-bond donors (Lipinski definition) is 3. The summed E-state index contributed by atoms with van der Waals surface area (Å²) >= 11 is 0. The van der Waals surface area contributed by atoms with E-state index in [1.165, 1.54) is 6.07 Å². The monoisotopic (exact) mass is 336 g/mol. The van der Waals surface area contributed by atoms with Gasteiger partial charge in [-0.3, -0.25) is 9.59 Å². The average Bonchev–Trinajstić information content (AvgIpc) is 2.51. The Morgan fingerprint density at radius 1 is 1.42 bits per heavy atom. The smallest absolute Gasteiger partial charge is 0.326 e. The zero-order valence-electron chi connectivity index (χ0n) is 14.0. The second-order valence-electron chi connectivity index (χ2n) is 6.62. The Kier molecular flexibility index (Phi) is 6.14. The van der Waals surface area contributed by atoms with Crippen molar-refractivity contribution in [3.63, 3.8) is 0 Å². The minimum atomic E-state index is -1.09. The number of ether oxygens (including phenoxy) is 1. The predicted octanol–water partition coefficient (Wildman–Crippen LogP) is 1.18. The summed E-state index contributed by atoms with van der Waals surface area (Å²) in [5.74, 6) is -1.59. The van der Waals surface area contributed by atoms with Crippen LogP contribution in [-0.4, -0.2) is 41.2 Å². The molecule has 1 aliphatic heterocycles. The van der Waals surface area contributed by atoms with Gasteiger partial charge in [0.1, 0.15) is 6.04 Å². The van der Waals surface area contributed by atoms with Gasteiger partial charge in [0, 0.05) is 29.8 Å². The minimum Gasteiger partial charge on any atom is -0.480 e. The number of aromatic nitrogens is 1. The molecule has 7 nitrogen and oxygen atoms in total. The predicted molar refractivity (Wildman–Crippen MR) is 88.0 cm³/mol. The molecule has 132 valence electrons. The fraction of sp³-hybridized carbons (Fsp3) is 0.588. The first-order valence-electron chi connectivity index (χ1n) is 8.21. The molecule has 0 saturated carbocycles. The number of aromatic amines is 1. The van der Waals surface area contributed by atoms with Crippen LogP contribution in [0.25, 0.3) is 0 Å². The molecule has 0 aliphatic carbocycles. The second kappa shape index (κ2) is 8.10. The Labute approximate surface area is 140 Å². The van der Waals surface area contributed by atoms with Crippen molar-refractivity contribution in [3.05, 3.63) is 33.7 Å². The molecule has 0 aromatic carbocycles. The van der Waals surface area contributed by atoms with Crippen LogP contribution in [0.2, 0.25) is 0 Å². The lowest BCUT2D eigenvalue weighted by Gasteiger charge is -2.28. The highest BCUT2D eigenvalue weighted by atomic mass is 16.5. The fourth-order valence-electron chi connectivity index (χ4n) is 2.92. The van der Waals surface area contributed by atoms with Gasteiger partial charge >= 0.3 is 5.97 Å². The van der Waals surface area contributed by atoms with Gasteiger partial charge < -0.3 is 20.1 Å². The SMILES string of the molecule is CC(C)Cc1cc(C(=O)NC(C(=O)O)C2CCCOC2)cc(=O)[nH]1. The molecule has 24 heavy (non-hydrogen) atoms. The van der Waals surface area contributed by atoms with Gasteiger partial charge in [-0.05, 0) is 31.2 Å². The molecule has 3 N–H and O–H groups in total. The van der Waals surface area contributed by atoms with Crippen molar-refractivity contribution < 1.29 is 19.4 Å². The molecule has 2 atom stereocenters. The van der Waals surface area contributed by atoms with Crippen molar-refractivity contribution in [2.75, 3.05) is 13.2 Å². The molecular weight excluding hydrogens is 312 g/mol. The van der Waals surface area contributed by atoms with Gasteiger partial charge in [0.05, 0.1) is 6.61 Å². The number of rotatable bonds is 6. The summed E-state index contributed by atoms with van der Waals surface area (Å²) in [4.78, 5) is 38.4. The Hall–Kier alpha value is -2.15. The molecule has 1 aromatic rings. The first kappa shape index (κ1) is 18.2. The lowest BCUT2D eigenvalue weighted by Crippen LogP contribution is -2.48. The van der Waals surface area contributed by atoms with Gasteiger partial charge in [0.25, 0.3) is 5.91 Å². The average molecular weight is 336 g/mol. The minimum absolute atomic E-state index is 0.178. The number of carboxylic acids is 1. The van der Waals surface area contributed by atoms with Crippen molar-refractivity contribution in [3.8, 4) is 0 Å². The molecule has 2 rings (SSSR count). The molecule has 1 aliphatic rings. The number of carbonyl (C=O) groups is 2. The van der Waals surface area contributed by atoms with Gasteiger partial charge in [0.15, 0.2) is 0 Å². The van der Waals surface area contributed by atoms with Crippen molar-refractivity contribution in [1.29, 1.82) is 0 Å². The highest BCUT2D eigenvalue weighted by Crippen LogP contribution is 2.18. The highest BCUT2D eigenvalue weighted by molar-refractivity contribution is 5.96. The number of nitrogens with one attached hydrogen (secondary N) is 2. The van der Waals surface area contributed by atoms with Gasteiger partial charge in [0.2, 0.25) is 5.56 Å². The quantitative estimate of drug-likeness (QED) is 0.723. The van der Waals surface area contributed by atoms with E-state index in [0.29, 0.717) is 37.7 Å². The van der Waals surface area contributed by atoms with Crippen LogP contribution in [0.3, 0.4) is 0 Å². The van der Waals surface area contributed by atoms with Gasteiger partial charge in [-0.15, -0.1) is 0 Å². The summed E-state index contributed by atoms with van der Waals surface area (Å²) in [6.07, 6.45) is 2.09. The van der Waals surface area contributed by atoms with Crippen molar-refractivity contribution in [2.45, 2.75) is 39.2 Å². The Bertz CT molecular complexity index is 647. The number of hydrogen-bond acceptors (Lipinski definition) is 4. The molecule has 0 bridgehead atoms. The van der Waals surface area contributed by atoms with Gasteiger partial charge in [-0.25, -0.2) is 4.79 Å². The molecule has 2 unspecified atom stereocenters. The Balaban J connectivity index is 2.16. The summed E-state index contributed by atoms with van der Waals surface area (Å²) in [6.45, 7) is 4.94. The topological polar surface area (TPSA) is 108 Å². The number of amides is 1. The third-order valence-electron chi connectivity index (χ3n) is 4.01. The van der Waals surface area contributed by atoms with E-state index in [1.54, 1.807) is 6.07 Å². The van der Waals surface area contributed by atoms with Gasteiger partial charge in [-0.1, -0.05) is 13.8 Å². The van der Waals surface area contributed by atoms with E-state index < -0.39 is 17.9 Å². The maximum atomic E-state index is 12.4. The zero-order valence-corrected chi connectivity index (χ0v) is 14.0. The van der Waals surface area contributed by atoms with Crippen LogP contribution in [0, 0.1) is 11.8 Å². The first-order chi connectivity index (χ1) is 11.4. The first-order valence-corrected chi connectivity index (χ1v) is 8.21. The Morgan fingerprint density at radius 3 is 2.75 bits per heavy atom. The van der Waals surface area contributed by atoms with E-state index in [-0.39, 0.29) is 17.0 Å². The van der Waals surface area contributed by atoms with Crippen LogP contribution < -0.4 is 10.9 Å². The summed E-state index contributed by atoms with van der Waals surface area (Å²) in [5.41, 5.74) is 0.471. The summed E-state index contributed by atoms with van der Waals surface area (Å²) < 4.78 is 5.31. The second-order valence-corrected chi connectivity index (χ2v) is 6.62. The third kappa shape index (κ3) is 4.92. The molecule has 1 amide bonds. The highest BCUT2D eigenvalue weighted by Gasteiger charge is 2.31. The van der Waals surface area contributed by atoms with E-state index in [4.69, 9.17) is 4.74 Å². The normalized spacial score (nSPS) is 19.0. The fourth-order valence-corrected chi connectivity index (χ4v) is 2.92. The van der Waals surface area contributed by atoms with Crippen LogP contribution in [0.4, 0.5) is 0 Å². The standard InChI is InChI=1S/C17H24N2O5/c1-10(2)6-13-7-12(8-14(20)18-13)16(21)19-15(17(22)23)11-4-3-5-24-9-11/h7-8,10-11,15H,3-6,9H2,1-2H3,(H,18,20)(H,19,21)(H,22,23). The maximum Gasteiger partial charge on any atom is 0.326 e. The van der Waals surface area contributed by atoms with E-state index in [9.17, 15) is 19.5 Å².